The third kappa shape index (κ3) is 7.15. The van der Waals surface area contributed by atoms with Gasteiger partial charge in [-0.3, -0.25) is 0 Å². The third-order valence-electron chi connectivity index (χ3n) is 2.42. The summed E-state index contributed by atoms with van der Waals surface area (Å²) < 4.78 is 45.0. The molecule has 1 N–H and O–H groups in total. The number of rotatable bonds is 8. The molecule has 0 heterocycles. The highest BCUT2D eigenvalue weighted by Crippen LogP contribution is 2.14. The van der Waals surface area contributed by atoms with Crippen molar-refractivity contribution in [2.24, 2.45) is 0 Å². The van der Waals surface area contributed by atoms with Crippen LogP contribution in [0, 0.1) is 0 Å². The number of methoxy groups -OCH3 is 1. The molecule has 0 aliphatic heterocycles. The maximum atomic E-state index is 11.8. The Bertz CT molecular complexity index is 369. The Labute approximate surface area is 110 Å². The highest BCUT2D eigenvalue weighted by atomic mass is 19.4. The number of nitrogens with one attached hydrogen (secondary N) is 1. The van der Waals surface area contributed by atoms with Gasteiger partial charge in [0.05, 0.1) is 13.2 Å². The van der Waals surface area contributed by atoms with Crippen molar-refractivity contribution in [2.45, 2.75) is 19.3 Å². The zero-order chi connectivity index (χ0) is 14.1. The van der Waals surface area contributed by atoms with Gasteiger partial charge >= 0.3 is 6.18 Å². The van der Waals surface area contributed by atoms with E-state index in [2.05, 4.69) is 10.1 Å². The minimum atomic E-state index is -4.26. The Morgan fingerprint density at radius 1 is 1.16 bits per heavy atom. The van der Waals surface area contributed by atoms with Crippen molar-refractivity contribution >= 4 is 0 Å². The molecule has 0 aliphatic carbocycles. The molecule has 108 valence electrons. The van der Waals surface area contributed by atoms with E-state index in [-0.39, 0.29) is 6.61 Å². The Morgan fingerprint density at radius 3 is 2.47 bits per heavy atom. The van der Waals surface area contributed by atoms with Crippen LogP contribution in [0.3, 0.4) is 0 Å². The molecule has 0 bridgehead atoms. The molecule has 0 fully saturated rings. The van der Waals surface area contributed by atoms with Gasteiger partial charge in [0, 0.05) is 20.2 Å². The second-order valence-corrected chi connectivity index (χ2v) is 4.05. The van der Waals surface area contributed by atoms with Gasteiger partial charge in [0.1, 0.15) is 6.61 Å². The second kappa shape index (κ2) is 8.14. The predicted molar refractivity (Wildman–Crippen MR) is 65.7 cm³/mol. The molecular formula is C13H18F3NO2. The average Bonchev–Trinajstić information content (AvgIpc) is 2.34. The molecule has 0 unspecified atom stereocenters. The summed E-state index contributed by atoms with van der Waals surface area (Å²) in [6, 6.07) is 7.75. The van der Waals surface area contributed by atoms with Crippen LogP contribution >= 0.6 is 0 Å². The molecule has 0 saturated heterocycles. The summed E-state index contributed by atoms with van der Waals surface area (Å²) in [5.74, 6) is 0. The normalized spacial score (nSPS) is 11.8. The first-order chi connectivity index (χ1) is 9.03. The van der Waals surface area contributed by atoms with Gasteiger partial charge in [0.25, 0.3) is 0 Å². The number of ether oxygens (including phenoxy) is 2. The summed E-state index contributed by atoms with van der Waals surface area (Å²) >= 11 is 0. The van der Waals surface area contributed by atoms with Crippen LogP contribution in [0.2, 0.25) is 0 Å². The smallest absolute Gasteiger partial charge is 0.380 e. The molecule has 6 heteroatoms. The first kappa shape index (κ1) is 15.9. The van der Waals surface area contributed by atoms with Crippen LogP contribution in [0.4, 0.5) is 13.2 Å². The maximum Gasteiger partial charge on any atom is 0.411 e. The van der Waals surface area contributed by atoms with Crippen LogP contribution < -0.4 is 5.32 Å². The monoisotopic (exact) mass is 277 g/mol. The van der Waals surface area contributed by atoms with E-state index in [9.17, 15) is 13.2 Å². The van der Waals surface area contributed by atoms with Gasteiger partial charge in [-0.1, -0.05) is 24.3 Å². The number of alkyl halides is 3. The van der Waals surface area contributed by atoms with Crippen molar-refractivity contribution in [1.82, 2.24) is 5.32 Å². The first-order valence-corrected chi connectivity index (χ1v) is 5.94. The van der Waals surface area contributed by atoms with Gasteiger partial charge in [-0.05, 0) is 11.1 Å². The Kier molecular flexibility index (Phi) is 6.83. The lowest BCUT2D eigenvalue weighted by molar-refractivity contribution is -0.173. The van der Waals surface area contributed by atoms with Crippen LogP contribution in [0.1, 0.15) is 11.1 Å². The van der Waals surface area contributed by atoms with Gasteiger partial charge in [-0.2, -0.15) is 13.2 Å². The zero-order valence-corrected chi connectivity index (χ0v) is 10.8. The number of benzene rings is 1. The highest BCUT2D eigenvalue weighted by molar-refractivity contribution is 5.26. The molecule has 19 heavy (non-hydrogen) atoms. The molecule has 1 rings (SSSR count). The van der Waals surface area contributed by atoms with Crippen LogP contribution in [-0.4, -0.2) is 33.0 Å². The summed E-state index contributed by atoms with van der Waals surface area (Å²) in [5.41, 5.74) is 2.13. The molecule has 0 amide bonds. The van der Waals surface area contributed by atoms with E-state index in [0.29, 0.717) is 19.7 Å². The summed E-state index contributed by atoms with van der Waals surface area (Å²) in [7, 11) is 1.62. The van der Waals surface area contributed by atoms with Gasteiger partial charge < -0.3 is 14.8 Å². The average molecular weight is 277 g/mol. The van der Waals surface area contributed by atoms with Crippen molar-refractivity contribution in [3.63, 3.8) is 0 Å². The fourth-order valence-corrected chi connectivity index (χ4v) is 1.58. The number of halogens is 3. The van der Waals surface area contributed by atoms with Crippen molar-refractivity contribution in [3.8, 4) is 0 Å². The molecule has 0 spiro atoms. The lowest BCUT2D eigenvalue weighted by atomic mass is 10.1. The number of hydrogen-bond acceptors (Lipinski definition) is 3. The Morgan fingerprint density at radius 2 is 1.84 bits per heavy atom. The molecule has 0 radical (unpaired) electrons. The van der Waals surface area contributed by atoms with E-state index in [0.717, 1.165) is 11.1 Å². The first-order valence-electron chi connectivity index (χ1n) is 5.94. The SMILES string of the molecule is COCc1ccccc1CNCCOCC(F)(F)F. The maximum absolute atomic E-state index is 11.8. The minimum Gasteiger partial charge on any atom is -0.380 e. The van der Waals surface area contributed by atoms with Crippen LogP contribution in [-0.2, 0) is 22.6 Å². The second-order valence-electron chi connectivity index (χ2n) is 4.05. The van der Waals surface area contributed by atoms with Gasteiger partial charge in [0.2, 0.25) is 0 Å². The topological polar surface area (TPSA) is 30.5 Å². The van der Waals surface area contributed by atoms with Crippen LogP contribution in [0.5, 0.6) is 0 Å². The molecule has 0 saturated carbocycles. The van der Waals surface area contributed by atoms with E-state index in [4.69, 9.17) is 4.74 Å². The van der Waals surface area contributed by atoms with Crippen molar-refractivity contribution in [1.29, 1.82) is 0 Å². The standard InChI is InChI=1S/C13H18F3NO2/c1-18-9-12-5-3-2-4-11(12)8-17-6-7-19-10-13(14,15)16/h2-5,17H,6-10H2,1H3. The molecule has 0 atom stereocenters. The third-order valence-corrected chi connectivity index (χ3v) is 2.42. The van der Waals surface area contributed by atoms with E-state index < -0.39 is 12.8 Å². The van der Waals surface area contributed by atoms with Crippen LogP contribution in [0.25, 0.3) is 0 Å². The molecule has 1 aromatic rings. The number of hydrogen-bond donors (Lipinski definition) is 1. The van der Waals surface area contributed by atoms with E-state index in [1.807, 2.05) is 24.3 Å². The van der Waals surface area contributed by atoms with Crippen molar-refractivity contribution in [2.75, 3.05) is 26.9 Å². The van der Waals surface area contributed by atoms with E-state index in [1.54, 1.807) is 7.11 Å². The Hall–Kier alpha value is -1.11. The van der Waals surface area contributed by atoms with Crippen molar-refractivity contribution < 1.29 is 22.6 Å². The van der Waals surface area contributed by atoms with Crippen molar-refractivity contribution in [3.05, 3.63) is 35.4 Å². The quantitative estimate of drug-likeness (QED) is 0.741. The molecular weight excluding hydrogens is 259 g/mol. The van der Waals surface area contributed by atoms with Gasteiger partial charge in [-0.25, -0.2) is 0 Å². The van der Waals surface area contributed by atoms with Gasteiger partial charge in [0.15, 0.2) is 0 Å². The van der Waals surface area contributed by atoms with E-state index >= 15 is 0 Å². The Balaban J connectivity index is 2.22. The molecule has 1 aromatic carbocycles. The summed E-state index contributed by atoms with van der Waals surface area (Å²) in [6.07, 6.45) is -4.26. The molecule has 0 aromatic heterocycles. The highest BCUT2D eigenvalue weighted by Gasteiger charge is 2.27. The van der Waals surface area contributed by atoms with Crippen LogP contribution in [0.15, 0.2) is 24.3 Å². The largest absolute Gasteiger partial charge is 0.411 e. The fraction of sp³-hybridized carbons (Fsp3) is 0.538. The molecule has 3 nitrogen and oxygen atoms in total. The minimum absolute atomic E-state index is 0.0337. The lowest BCUT2D eigenvalue weighted by Gasteiger charge is -2.11. The lowest BCUT2D eigenvalue weighted by Crippen LogP contribution is -2.24. The predicted octanol–water partition coefficient (Wildman–Crippen LogP) is 2.50. The van der Waals surface area contributed by atoms with Gasteiger partial charge in [-0.15, -0.1) is 0 Å². The molecule has 0 aliphatic rings. The summed E-state index contributed by atoms with van der Waals surface area (Å²) in [6.45, 7) is 0.301. The fourth-order valence-electron chi connectivity index (χ4n) is 1.58. The zero-order valence-electron chi connectivity index (χ0n) is 10.8. The summed E-state index contributed by atoms with van der Waals surface area (Å²) in [5, 5.41) is 3.04. The van der Waals surface area contributed by atoms with E-state index in [1.165, 1.54) is 0 Å². The summed E-state index contributed by atoms with van der Waals surface area (Å²) in [4.78, 5) is 0.